The molecule has 7 nitrogen and oxygen atoms in total. The highest BCUT2D eigenvalue weighted by Crippen LogP contribution is 2.31. The van der Waals surface area contributed by atoms with Crippen molar-refractivity contribution in [3.05, 3.63) is 108 Å². The van der Waals surface area contributed by atoms with E-state index in [2.05, 4.69) is 19.7 Å². The third kappa shape index (κ3) is 10.5. The van der Waals surface area contributed by atoms with Gasteiger partial charge in [-0.05, 0) is 53.0 Å². The molecule has 0 bridgehead atoms. The maximum Gasteiger partial charge on any atom is 0.158 e. The Morgan fingerprint density at radius 1 is 1.00 bits per heavy atom. The molecule has 0 spiro atoms. The summed E-state index contributed by atoms with van der Waals surface area (Å²) in [6.07, 6.45) is -3.14. The molecule has 0 amide bonds. The van der Waals surface area contributed by atoms with Crippen LogP contribution in [0.4, 0.5) is 0 Å². The first kappa shape index (κ1) is 32.6. The third-order valence-corrected chi connectivity index (χ3v) is 7.42. The predicted molar refractivity (Wildman–Crippen MR) is 159 cm³/mol. The smallest absolute Gasteiger partial charge is 0.158 e. The average Bonchev–Trinajstić information content (AvgIpc) is 2.97. The Bertz CT molecular complexity index is 1130. The topological polar surface area (TPSA) is 105 Å². The maximum absolute atomic E-state index is 12.8. The van der Waals surface area contributed by atoms with Gasteiger partial charge in [0, 0.05) is 6.42 Å². The second-order valence-corrected chi connectivity index (χ2v) is 10.9. The van der Waals surface area contributed by atoms with Gasteiger partial charge in [0.05, 0.1) is 38.6 Å². The molecule has 2 aromatic rings. The fourth-order valence-electron chi connectivity index (χ4n) is 4.70. The standard InChI is InChI=1S/C34H44O7/c1-23(15-16-29(35)21-39-19-27-11-7-5-8-12-27)30(36)17-24(2)26(4)33(38)34-31(37)18-25(3)32(41-34)22-40-20-28-13-9-6-10-14-28/h5-14,24,29,31-35,37-38H,1,3-4,15-22H2,2H3/t24-,29+,31+,32+,33-,34+/m1/s1. The van der Waals surface area contributed by atoms with Gasteiger partial charge < -0.3 is 29.5 Å². The molecule has 1 saturated heterocycles. The highest BCUT2D eigenvalue weighted by atomic mass is 16.6. The Morgan fingerprint density at radius 3 is 2.20 bits per heavy atom. The lowest BCUT2D eigenvalue weighted by molar-refractivity contribution is -0.147. The highest BCUT2D eigenvalue weighted by Gasteiger charge is 2.39. The molecule has 3 rings (SSSR count). The number of ketones is 1. The van der Waals surface area contributed by atoms with Crippen molar-refractivity contribution in [2.45, 2.75) is 76.3 Å². The fourth-order valence-corrected chi connectivity index (χ4v) is 4.70. The lowest BCUT2D eigenvalue weighted by Gasteiger charge is -2.39. The zero-order valence-corrected chi connectivity index (χ0v) is 24.0. The minimum Gasteiger partial charge on any atom is -0.391 e. The van der Waals surface area contributed by atoms with Crippen LogP contribution >= 0.6 is 0 Å². The number of Topliss-reactive ketones (excluding diaryl/α,β-unsaturated/α-hetero) is 1. The summed E-state index contributed by atoms with van der Waals surface area (Å²) in [5.41, 5.74) is 3.57. The van der Waals surface area contributed by atoms with Gasteiger partial charge in [-0.15, -0.1) is 0 Å². The Kier molecular flexibility index (Phi) is 13.1. The normalized spacial score (nSPS) is 21.2. The van der Waals surface area contributed by atoms with Crippen molar-refractivity contribution in [2.75, 3.05) is 13.2 Å². The number of aliphatic hydroxyl groups is 3. The van der Waals surface area contributed by atoms with Crippen molar-refractivity contribution in [1.29, 1.82) is 0 Å². The van der Waals surface area contributed by atoms with Crippen molar-refractivity contribution in [1.82, 2.24) is 0 Å². The number of benzene rings is 2. The van der Waals surface area contributed by atoms with E-state index in [9.17, 15) is 20.1 Å². The largest absolute Gasteiger partial charge is 0.391 e. The lowest BCUT2D eigenvalue weighted by atomic mass is 9.85. The predicted octanol–water partition coefficient (Wildman–Crippen LogP) is 4.70. The summed E-state index contributed by atoms with van der Waals surface area (Å²) in [6, 6.07) is 19.5. The summed E-state index contributed by atoms with van der Waals surface area (Å²) >= 11 is 0. The first-order chi connectivity index (χ1) is 19.7. The monoisotopic (exact) mass is 564 g/mol. The molecule has 0 aromatic heterocycles. The summed E-state index contributed by atoms with van der Waals surface area (Å²) < 4.78 is 17.4. The number of carbonyl (C=O) groups excluding carboxylic acids is 1. The number of hydrogen-bond donors (Lipinski definition) is 3. The summed E-state index contributed by atoms with van der Waals surface area (Å²) in [6.45, 7) is 15.0. The fraction of sp³-hybridized carbons (Fsp3) is 0.441. The third-order valence-electron chi connectivity index (χ3n) is 7.42. The van der Waals surface area contributed by atoms with Crippen LogP contribution < -0.4 is 0 Å². The van der Waals surface area contributed by atoms with E-state index < -0.39 is 30.5 Å². The number of carbonyl (C=O) groups is 1. The molecule has 1 aliphatic rings. The van der Waals surface area contributed by atoms with Crippen molar-refractivity contribution >= 4 is 5.78 Å². The molecular formula is C34H44O7. The second kappa shape index (κ2) is 16.5. The van der Waals surface area contributed by atoms with Gasteiger partial charge in [0.25, 0.3) is 0 Å². The van der Waals surface area contributed by atoms with Crippen LogP contribution in [0.1, 0.15) is 43.7 Å². The minimum atomic E-state index is -1.17. The molecule has 222 valence electrons. The number of ether oxygens (including phenoxy) is 3. The van der Waals surface area contributed by atoms with Crippen LogP contribution in [0.15, 0.2) is 97.1 Å². The first-order valence-corrected chi connectivity index (χ1v) is 14.2. The Hall–Kier alpha value is -2.91. The number of aliphatic hydroxyl groups excluding tert-OH is 3. The van der Waals surface area contributed by atoms with Gasteiger partial charge in [0.1, 0.15) is 18.3 Å². The number of allylic oxidation sites excluding steroid dienone is 1. The van der Waals surface area contributed by atoms with Crippen LogP contribution in [0.3, 0.4) is 0 Å². The minimum absolute atomic E-state index is 0.106. The molecule has 0 aliphatic carbocycles. The van der Waals surface area contributed by atoms with E-state index in [4.69, 9.17) is 14.2 Å². The molecule has 3 N–H and O–H groups in total. The van der Waals surface area contributed by atoms with Crippen LogP contribution in [0.25, 0.3) is 0 Å². The Labute approximate surface area is 243 Å². The summed E-state index contributed by atoms with van der Waals surface area (Å²) in [7, 11) is 0. The summed E-state index contributed by atoms with van der Waals surface area (Å²) in [4.78, 5) is 12.8. The van der Waals surface area contributed by atoms with Gasteiger partial charge in [-0.1, -0.05) is 87.3 Å². The summed E-state index contributed by atoms with van der Waals surface area (Å²) in [5.74, 6) is -0.531. The van der Waals surface area contributed by atoms with Gasteiger partial charge >= 0.3 is 0 Å². The Morgan fingerprint density at radius 2 is 1.59 bits per heavy atom. The van der Waals surface area contributed by atoms with Gasteiger partial charge in [0.2, 0.25) is 0 Å². The molecule has 1 heterocycles. The van der Waals surface area contributed by atoms with Gasteiger partial charge in [-0.2, -0.15) is 0 Å². The maximum atomic E-state index is 12.8. The zero-order valence-electron chi connectivity index (χ0n) is 24.0. The second-order valence-electron chi connectivity index (χ2n) is 10.9. The average molecular weight is 565 g/mol. The van der Waals surface area contributed by atoms with Crippen LogP contribution in [0.2, 0.25) is 0 Å². The molecule has 2 aromatic carbocycles. The Balaban J connectivity index is 1.41. The molecule has 41 heavy (non-hydrogen) atoms. The van der Waals surface area contributed by atoms with E-state index in [1.807, 2.05) is 60.7 Å². The van der Waals surface area contributed by atoms with Gasteiger partial charge in [-0.3, -0.25) is 4.79 Å². The number of hydrogen-bond acceptors (Lipinski definition) is 7. The summed E-state index contributed by atoms with van der Waals surface area (Å²) in [5, 5.41) is 31.9. The van der Waals surface area contributed by atoms with E-state index in [0.29, 0.717) is 42.8 Å². The first-order valence-electron chi connectivity index (χ1n) is 14.2. The molecule has 7 heteroatoms. The van der Waals surface area contributed by atoms with Crippen LogP contribution in [0, 0.1) is 5.92 Å². The van der Waals surface area contributed by atoms with Crippen molar-refractivity contribution < 1.29 is 34.3 Å². The van der Waals surface area contributed by atoms with E-state index in [0.717, 1.165) is 11.1 Å². The quantitative estimate of drug-likeness (QED) is 0.189. The lowest BCUT2D eigenvalue weighted by Crippen LogP contribution is -2.49. The van der Waals surface area contributed by atoms with Crippen LogP contribution in [-0.2, 0) is 32.2 Å². The van der Waals surface area contributed by atoms with E-state index in [1.54, 1.807) is 6.92 Å². The zero-order chi connectivity index (χ0) is 29.8. The van der Waals surface area contributed by atoms with Gasteiger partial charge in [0.15, 0.2) is 5.78 Å². The van der Waals surface area contributed by atoms with E-state index in [1.165, 1.54) is 0 Å². The van der Waals surface area contributed by atoms with Crippen molar-refractivity contribution in [3.8, 4) is 0 Å². The molecule has 6 atom stereocenters. The molecule has 1 fully saturated rings. The molecule has 0 radical (unpaired) electrons. The van der Waals surface area contributed by atoms with Crippen LogP contribution in [0.5, 0.6) is 0 Å². The molecular weight excluding hydrogens is 520 g/mol. The van der Waals surface area contributed by atoms with Crippen LogP contribution in [-0.4, -0.2) is 64.8 Å². The highest BCUT2D eigenvalue weighted by molar-refractivity contribution is 5.95. The molecule has 0 saturated carbocycles. The molecule has 1 aliphatic heterocycles. The van der Waals surface area contributed by atoms with E-state index in [-0.39, 0.29) is 37.8 Å². The van der Waals surface area contributed by atoms with Crippen molar-refractivity contribution in [3.63, 3.8) is 0 Å². The SMILES string of the molecule is C=C(CC[C@H](O)COCc1ccccc1)C(=O)C[C@@H](C)C(=C)[C@@H](O)[C@H]1O[C@@H](COCc2ccccc2)C(=C)C[C@@H]1O. The van der Waals surface area contributed by atoms with Gasteiger partial charge in [-0.25, -0.2) is 0 Å². The number of rotatable bonds is 17. The molecule has 0 unspecified atom stereocenters. The van der Waals surface area contributed by atoms with E-state index >= 15 is 0 Å². The van der Waals surface area contributed by atoms with Crippen molar-refractivity contribution in [2.24, 2.45) is 5.92 Å².